The highest BCUT2D eigenvalue weighted by molar-refractivity contribution is 5.81. The summed E-state index contributed by atoms with van der Waals surface area (Å²) in [5.41, 5.74) is 0. The molecule has 0 heterocycles. The Morgan fingerprint density at radius 3 is 2.87 bits per heavy atom. The summed E-state index contributed by atoms with van der Waals surface area (Å²) >= 11 is 0. The molecule has 15 heavy (non-hydrogen) atoms. The van der Waals surface area contributed by atoms with E-state index in [-0.39, 0.29) is 18.1 Å². The molecule has 3 N–H and O–H groups in total. The lowest BCUT2D eigenvalue weighted by molar-refractivity contribution is -0.122. The van der Waals surface area contributed by atoms with Crippen LogP contribution >= 0.6 is 0 Å². The van der Waals surface area contributed by atoms with Gasteiger partial charge in [0.1, 0.15) is 0 Å². The van der Waals surface area contributed by atoms with Gasteiger partial charge >= 0.3 is 0 Å². The number of carbonyl (C=O) groups excluding carboxylic acids is 1. The molecule has 88 valence electrons. The third-order valence-corrected chi connectivity index (χ3v) is 3.15. The number of aliphatic hydroxyl groups excluding tert-OH is 1. The summed E-state index contributed by atoms with van der Waals surface area (Å²) in [7, 11) is 1.77. The maximum atomic E-state index is 11.5. The molecule has 4 heteroatoms. The van der Waals surface area contributed by atoms with Crippen LogP contribution in [0.2, 0.25) is 0 Å². The number of hydrogen-bond donors (Lipinski definition) is 3. The topological polar surface area (TPSA) is 61.4 Å². The Hall–Kier alpha value is -0.610. The summed E-state index contributed by atoms with van der Waals surface area (Å²) in [6.07, 6.45) is 3.77. The standard InChI is InChI=1S/C11H22N2O2/c1-8(12-2)11(15)13-7-9-4-3-5-10(14)6-9/h8-10,12,14H,3-7H2,1-2H3,(H,13,15). The molecule has 0 aliphatic heterocycles. The molecule has 1 rings (SSSR count). The number of likely N-dealkylation sites (N-methyl/N-ethyl adjacent to an activating group) is 1. The lowest BCUT2D eigenvalue weighted by Gasteiger charge is -2.26. The molecule has 1 fully saturated rings. The van der Waals surface area contributed by atoms with Crippen LogP contribution in [0.15, 0.2) is 0 Å². The summed E-state index contributed by atoms with van der Waals surface area (Å²) in [5.74, 6) is 0.485. The van der Waals surface area contributed by atoms with Crippen LogP contribution in [0.3, 0.4) is 0 Å². The van der Waals surface area contributed by atoms with Crippen LogP contribution < -0.4 is 10.6 Å². The second kappa shape index (κ2) is 6.08. The Balaban J connectivity index is 2.21. The number of hydrogen-bond acceptors (Lipinski definition) is 3. The SMILES string of the molecule is CNC(C)C(=O)NCC1CCCC(O)C1. The van der Waals surface area contributed by atoms with E-state index in [0.29, 0.717) is 12.5 Å². The molecule has 1 amide bonds. The van der Waals surface area contributed by atoms with Crippen molar-refractivity contribution in [2.75, 3.05) is 13.6 Å². The van der Waals surface area contributed by atoms with Crippen molar-refractivity contribution in [2.24, 2.45) is 5.92 Å². The highest BCUT2D eigenvalue weighted by atomic mass is 16.3. The quantitative estimate of drug-likeness (QED) is 0.629. The van der Waals surface area contributed by atoms with Crippen LogP contribution in [0.4, 0.5) is 0 Å². The first-order valence-corrected chi connectivity index (χ1v) is 5.76. The molecule has 0 radical (unpaired) electrons. The van der Waals surface area contributed by atoms with E-state index in [1.54, 1.807) is 7.05 Å². The third-order valence-electron chi connectivity index (χ3n) is 3.15. The highest BCUT2D eigenvalue weighted by Crippen LogP contribution is 2.23. The van der Waals surface area contributed by atoms with E-state index in [0.717, 1.165) is 25.7 Å². The molecule has 0 saturated heterocycles. The zero-order valence-corrected chi connectivity index (χ0v) is 9.62. The van der Waals surface area contributed by atoms with Crippen molar-refractivity contribution in [3.63, 3.8) is 0 Å². The van der Waals surface area contributed by atoms with Crippen molar-refractivity contribution in [2.45, 2.75) is 44.8 Å². The van der Waals surface area contributed by atoms with Gasteiger partial charge in [-0.3, -0.25) is 4.79 Å². The molecule has 0 aromatic rings. The predicted octanol–water partition coefficient (Wildman–Crippen LogP) is 0.262. The molecule has 1 aliphatic rings. The maximum absolute atomic E-state index is 11.5. The van der Waals surface area contributed by atoms with Crippen molar-refractivity contribution < 1.29 is 9.90 Å². The van der Waals surface area contributed by atoms with E-state index in [4.69, 9.17) is 0 Å². The Morgan fingerprint density at radius 2 is 2.27 bits per heavy atom. The molecular weight excluding hydrogens is 192 g/mol. The van der Waals surface area contributed by atoms with Crippen LogP contribution in [-0.2, 0) is 4.79 Å². The van der Waals surface area contributed by atoms with Crippen molar-refractivity contribution in [3.05, 3.63) is 0 Å². The highest BCUT2D eigenvalue weighted by Gasteiger charge is 2.21. The summed E-state index contributed by atoms with van der Waals surface area (Å²) < 4.78 is 0. The van der Waals surface area contributed by atoms with Gasteiger partial charge in [0.25, 0.3) is 0 Å². The van der Waals surface area contributed by atoms with Gasteiger partial charge in [-0.2, -0.15) is 0 Å². The van der Waals surface area contributed by atoms with Gasteiger partial charge in [-0.15, -0.1) is 0 Å². The molecule has 3 atom stereocenters. The minimum absolute atomic E-state index is 0.0394. The van der Waals surface area contributed by atoms with Crippen LogP contribution in [0.5, 0.6) is 0 Å². The van der Waals surface area contributed by atoms with E-state index in [9.17, 15) is 9.90 Å². The largest absolute Gasteiger partial charge is 0.393 e. The number of nitrogens with one attached hydrogen (secondary N) is 2. The average Bonchev–Trinajstić information content (AvgIpc) is 2.25. The zero-order chi connectivity index (χ0) is 11.3. The van der Waals surface area contributed by atoms with Gasteiger partial charge in [-0.1, -0.05) is 6.42 Å². The third kappa shape index (κ3) is 4.18. The van der Waals surface area contributed by atoms with Gasteiger partial charge in [0.2, 0.25) is 5.91 Å². The summed E-state index contributed by atoms with van der Waals surface area (Å²) in [6, 6.07) is -0.140. The van der Waals surface area contributed by atoms with E-state index < -0.39 is 0 Å². The van der Waals surface area contributed by atoms with Crippen LogP contribution in [-0.4, -0.2) is 36.8 Å². The Bertz CT molecular complexity index is 209. The summed E-state index contributed by atoms with van der Waals surface area (Å²) in [6.45, 7) is 2.53. The molecule has 0 aromatic carbocycles. The van der Waals surface area contributed by atoms with Crippen LogP contribution in [0.1, 0.15) is 32.6 Å². The fraction of sp³-hybridized carbons (Fsp3) is 0.909. The van der Waals surface area contributed by atoms with Gasteiger partial charge < -0.3 is 15.7 Å². The van der Waals surface area contributed by atoms with Gasteiger partial charge in [0.05, 0.1) is 12.1 Å². The molecule has 4 nitrogen and oxygen atoms in total. The molecular formula is C11H22N2O2. The van der Waals surface area contributed by atoms with E-state index >= 15 is 0 Å². The second-order valence-corrected chi connectivity index (χ2v) is 4.44. The zero-order valence-electron chi connectivity index (χ0n) is 9.62. The van der Waals surface area contributed by atoms with Crippen molar-refractivity contribution in [1.29, 1.82) is 0 Å². The lowest BCUT2D eigenvalue weighted by Crippen LogP contribution is -2.43. The molecule has 0 spiro atoms. The molecule has 0 aromatic heterocycles. The smallest absolute Gasteiger partial charge is 0.236 e. The first-order valence-electron chi connectivity index (χ1n) is 5.76. The normalized spacial score (nSPS) is 28.5. The van der Waals surface area contributed by atoms with E-state index in [1.165, 1.54) is 0 Å². The number of rotatable bonds is 4. The number of aliphatic hydroxyl groups is 1. The minimum Gasteiger partial charge on any atom is -0.393 e. The fourth-order valence-corrected chi connectivity index (χ4v) is 1.98. The van der Waals surface area contributed by atoms with Crippen molar-refractivity contribution in [1.82, 2.24) is 10.6 Å². The first-order chi connectivity index (χ1) is 7.13. The Labute approximate surface area is 91.4 Å². The van der Waals surface area contributed by atoms with Crippen LogP contribution in [0, 0.1) is 5.92 Å². The average molecular weight is 214 g/mol. The van der Waals surface area contributed by atoms with Gasteiger partial charge in [0, 0.05) is 6.54 Å². The Kier molecular flexibility index (Phi) is 5.05. The van der Waals surface area contributed by atoms with Crippen molar-refractivity contribution >= 4 is 5.91 Å². The number of amides is 1. The van der Waals surface area contributed by atoms with E-state index in [1.807, 2.05) is 6.92 Å². The number of carbonyl (C=O) groups is 1. The molecule has 3 unspecified atom stereocenters. The lowest BCUT2D eigenvalue weighted by atomic mass is 9.87. The van der Waals surface area contributed by atoms with E-state index in [2.05, 4.69) is 10.6 Å². The Morgan fingerprint density at radius 1 is 1.53 bits per heavy atom. The second-order valence-electron chi connectivity index (χ2n) is 4.44. The maximum Gasteiger partial charge on any atom is 0.236 e. The van der Waals surface area contributed by atoms with Crippen LogP contribution in [0.25, 0.3) is 0 Å². The fourth-order valence-electron chi connectivity index (χ4n) is 1.98. The van der Waals surface area contributed by atoms with Crippen molar-refractivity contribution in [3.8, 4) is 0 Å². The molecule has 1 saturated carbocycles. The van der Waals surface area contributed by atoms with Gasteiger partial charge in [-0.25, -0.2) is 0 Å². The van der Waals surface area contributed by atoms with Gasteiger partial charge in [0.15, 0.2) is 0 Å². The predicted molar refractivity (Wildman–Crippen MR) is 59.5 cm³/mol. The summed E-state index contributed by atoms with van der Waals surface area (Å²) in [5, 5.41) is 15.3. The monoisotopic (exact) mass is 214 g/mol. The van der Waals surface area contributed by atoms with Gasteiger partial charge in [-0.05, 0) is 39.2 Å². The first kappa shape index (κ1) is 12.5. The summed E-state index contributed by atoms with van der Waals surface area (Å²) in [4.78, 5) is 11.5. The molecule has 0 bridgehead atoms. The minimum atomic E-state index is -0.164. The molecule has 1 aliphatic carbocycles.